The molecule has 0 aromatic heterocycles. The summed E-state index contributed by atoms with van der Waals surface area (Å²) in [4.78, 5) is 33.5. The fourth-order valence-electron chi connectivity index (χ4n) is 1.41. The number of methoxy groups -OCH3 is 1. The van der Waals surface area contributed by atoms with Crippen LogP contribution in [0.25, 0.3) is 0 Å². The van der Waals surface area contributed by atoms with Gasteiger partial charge in [-0.1, -0.05) is 12.1 Å². The lowest BCUT2D eigenvalue weighted by molar-refractivity contribution is -0.148. The zero-order valence-corrected chi connectivity index (χ0v) is 11.2. The lowest BCUT2D eigenvalue weighted by atomic mass is 10.2. The molecule has 1 aromatic carbocycles. The summed E-state index contributed by atoms with van der Waals surface area (Å²) in [6, 6.07) is 4.61. The molecule has 8 nitrogen and oxygen atoms in total. The molecule has 0 saturated carbocycles. The maximum absolute atomic E-state index is 11.6. The Hall–Kier alpha value is -2.77. The molecular formula is C13H15NO7. The van der Waals surface area contributed by atoms with Gasteiger partial charge in [0.05, 0.1) is 13.5 Å². The van der Waals surface area contributed by atoms with Gasteiger partial charge in [0.25, 0.3) is 5.91 Å². The van der Waals surface area contributed by atoms with Gasteiger partial charge in [-0.3, -0.25) is 9.59 Å². The Kier molecular flexibility index (Phi) is 5.99. The number of nitrogens with one attached hydrogen (secondary N) is 1. The number of hydrogen-bond donors (Lipinski definition) is 3. The summed E-state index contributed by atoms with van der Waals surface area (Å²) in [5, 5.41) is 20.5. The molecule has 0 fully saturated rings. The van der Waals surface area contributed by atoms with Crippen molar-refractivity contribution in [3.63, 3.8) is 0 Å². The number of carbonyl (C=O) groups excluding carboxylic acids is 2. The largest absolute Gasteiger partial charge is 0.504 e. The van der Waals surface area contributed by atoms with Gasteiger partial charge < -0.3 is 25.0 Å². The van der Waals surface area contributed by atoms with Gasteiger partial charge >= 0.3 is 11.9 Å². The molecule has 1 atom stereocenters. The molecule has 1 rings (SSSR count). The molecule has 0 saturated heterocycles. The minimum atomic E-state index is -1.40. The summed E-state index contributed by atoms with van der Waals surface area (Å²) in [5.74, 6) is -2.92. The van der Waals surface area contributed by atoms with Gasteiger partial charge in [-0.15, -0.1) is 0 Å². The normalized spacial score (nSPS) is 11.3. The van der Waals surface area contributed by atoms with Crippen LogP contribution in [-0.4, -0.2) is 47.8 Å². The lowest BCUT2D eigenvalue weighted by Crippen LogP contribution is -2.44. The van der Waals surface area contributed by atoms with Crippen LogP contribution in [0.4, 0.5) is 0 Å². The average molecular weight is 297 g/mol. The minimum Gasteiger partial charge on any atom is -0.504 e. The second-order valence-corrected chi connectivity index (χ2v) is 3.99. The van der Waals surface area contributed by atoms with Gasteiger partial charge in [0, 0.05) is 0 Å². The summed E-state index contributed by atoms with van der Waals surface area (Å²) in [5.41, 5.74) is 0. The van der Waals surface area contributed by atoms with E-state index in [1.54, 1.807) is 12.1 Å². The van der Waals surface area contributed by atoms with Crippen molar-refractivity contribution in [3.05, 3.63) is 24.3 Å². The molecule has 1 aromatic rings. The minimum absolute atomic E-state index is 0.0903. The van der Waals surface area contributed by atoms with Gasteiger partial charge in [-0.2, -0.15) is 0 Å². The standard InChI is InChI=1S/C13H15NO7/c1-20-12(17)6-8(13(18)19)14-11(16)7-21-10-5-3-2-4-9(10)15/h2-5,8,15H,6-7H2,1H3,(H,14,16)(H,18,19)/t8-/m0/s1. The Labute approximate surface area is 120 Å². The number of aromatic hydroxyl groups is 1. The zero-order chi connectivity index (χ0) is 15.8. The zero-order valence-electron chi connectivity index (χ0n) is 11.2. The van der Waals surface area contributed by atoms with Crippen LogP contribution in [0.3, 0.4) is 0 Å². The van der Waals surface area contributed by atoms with E-state index in [-0.39, 0.29) is 11.5 Å². The second kappa shape index (κ2) is 7.73. The first-order chi connectivity index (χ1) is 9.93. The highest BCUT2D eigenvalue weighted by Crippen LogP contribution is 2.23. The van der Waals surface area contributed by atoms with Gasteiger partial charge in [0.2, 0.25) is 0 Å². The Morgan fingerprint density at radius 1 is 1.29 bits per heavy atom. The highest BCUT2D eigenvalue weighted by Gasteiger charge is 2.23. The summed E-state index contributed by atoms with van der Waals surface area (Å²) >= 11 is 0. The number of aliphatic carboxylic acids is 1. The molecule has 0 spiro atoms. The number of hydrogen-bond acceptors (Lipinski definition) is 6. The third kappa shape index (κ3) is 5.39. The highest BCUT2D eigenvalue weighted by atomic mass is 16.5. The number of phenolic OH excluding ortho intramolecular Hbond substituents is 1. The van der Waals surface area contributed by atoms with Crippen LogP contribution in [-0.2, 0) is 19.1 Å². The number of benzene rings is 1. The van der Waals surface area contributed by atoms with Crippen molar-refractivity contribution < 1.29 is 34.1 Å². The number of esters is 1. The topological polar surface area (TPSA) is 122 Å². The fourth-order valence-corrected chi connectivity index (χ4v) is 1.41. The Morgan fingerprint density at radius 3 is 2.52 bits per heavy atom. The van der Waals surface area contributed by atoms with E-state index in [0.29, 0.717) is 0 Å². The maximum atomic E-state index is 11.6. The van der Waals surface area contributed by atoms with Crippen LogP contribution >= 0.6 is 0 Å². The smallest absolute Gasteiger partial charge is 0.326 e. The van der Waals surface area contributed by atoms with E-state index in [0.717, 1.165) is 7.11 Å². The quantitative estimate of drug-likeness (QED) is 0.601. The van der Waals surface area contributed by atoms with Crippen LogP contribution in [0.5, 0.6) is 11.5 Å². The molecular weight excluding hydrogens is 282 g/mol. The number of carboxylic acid groups (broad SMARTS) is 1. The predicted molar refractivity (Wildman–Crippen MR) is 69.8 cm³/mol. The van der Waals surface area contributed by atoms with E-state index in [1.165, 1.54) is 12.1 Å². The molecule has 0 radical (unpaired) electrons. The number of phenols is 1. The van der Waals surface area contributed by atoms with Crippen LogP contribution < -0.4 is 10.1 Å². The number of carbonyl (C=O) groups is 3. The van der Waals surface area contributed by atoms with Gasteiger partial charge in [0.1, 0.15) is 6.04 Å². The Bertz CT molecular complexity index is 529. The number of para-hydroxylation sites is 2. The first-order valence-electron chi connectivity index (χ1n) is 5.93. The van der Waals surface area contributed by atoms with Gasteiger partial charge in [0.15, 0.2) is 18.1 Å². The molecule has 21 heavy (non-hydrogen) atoms. The molecule has 0 aliphatic heterocycles. The molecule has 0 heterocycles. The third-order valence-electron chi connectivity index (χ3n) is 2.46. The fraction of sp³-hybridized carbons (Fsp3) is 0.308. The van der Waals surface area contributed by atoms with E-state index in [2.05, 4.69) is 10.1 Å². The lowest BCUT2D eigenvalue weighted by Gasteiger charge is -2.14. The average Bonchev–Trinajstić information content (AvgIpc) is 2.45. The molecule has 1 amide bonds. The number of rotatable bonds is 7. The van der Waals surface area contributed by atoms with Crippen LogP contribution in [0.15, 0.2) is 24.3 Å². The SMILES string of the molecule is COC(=O)C[C@H](NC(=O)COc1ccccc1O)C(=O)O. The van der Waals surface area contributed by atoms with Crippen LogP contribution in [0.2, 0.25) is 0 Å². The van der Waals surface area contributed by atoms with E-state index >= 15 is 0 Å². The maximum Gasteiger partial charge on any atom is 0.326 e. The van der Waals surface area contributed by atoms with E-state index in [9.17, 15) is 19.5 Å². The molecule has 0 bridgehead atoms. The molecule has 8 heteroatoms. The van der Waals surface area contributed by atoms with Crippen molar-refractivity contribution in [2.45, 2.75) is 12.5 Å². The molecule has 0 unspecified atom stereocenters. The Morgan fingerprint density at radius 2 is 1.95 bits per heavy atom. The van der Waals surface area contributed by atoms with E-state index in [1.807, 2.05) is 0 Å². The number of carboxylic acids is 1. The second-order valence-electron chi connectivity index (χ2n) is 3.99. The van der Waals surface area contributed by atoms with E-state index in [4.69, 9.17) is 9.84 Å². The predicted octanol–water partition coefficient (Wildman–Crippen LogP) is -0.0965. The van der Waals surface area contributed by atoms with Crippen LogP contribution in [0.1, 0.15) is 6.42 Å². The van der Waals surface area contributed by atoms with Gasteiger partial charge in [-0.25, -0.2) is 4.79 Å². The number of amides is 1. The van der Waals surface area contributed by atoms with E-state index < -0.39 is 36.9 Å². The molecule has 3 N–H and O–H groups in total. The molecule has 0 aliphatic rings. The van der Waals surface area contributed by atoms with Crippen molar-refractivity contribution in [2.75, 3.05) is 13.7 Å². The first kappa shape index (κ1) is 16.3. The van der Waals surface area contributed by atoms with Crippen molar-refractivity contribution in [1.82, 2.24) is 5.32 Å². The summed E-state index contributed by atoms with van der Waals surface area (Å²) in [6.07, 6.45) is -0.492. The number of ether oxygens (including phenoxy) is 2. The van der Waals surface area contributed by atoms with Crippen molar-refractivity contribution in [3.8, 4) is 11.5 Å². The Balaban J connectivity index is 2.53. The van der Waals surface area contributed by atoms with Gasteiger partial charge in [-0.05, 0) is 12.1 Å². The monoisotopic (exact) mass is 297 g/mol. The van der Waals surface area contributed by atoms with Crippen molar-refractivity contribution in [1.29, 1.82) is 0 Å². The third-order valence-corrected chi connectivity index (χ3v) is 2.46. The van der Waals surface area contributed by atoms with Crippen molar-refractivity contribution >= 4 is 17.8 Å². The summed E-state index contributed by atoms with van der Waals surface area (Å²) < 4.78 is 9.38. The first-order valence-corrected chi connectivity index (χ1v) is 5.93. The summed E-state index contributed by atoms with van der Waals surface area (Å²) in [7, 11) is 1.12. The van der Waals surface area contributed by atoms with Crippen molar-refractivity contribution in [2.24, 2.45) is 0 Å². The molecule has 114 valence electrons. The highest BCUT2D eigenvalue weighted by molar-refractivity contribution is 5.87. The van der Waals surface area contributed by atoms with Crippen LogP contribution in [0, 0.1) is 0 Å². The summed E-state index contributed by atoms with van der Waals surface area (Å²) in [6.45, 7) is -0.497. The molecule has 0 aliphatic carbocycles.